The molecule has 3 nitrogen and oxygen atoms in total. The molecule has 0 heterocycles. The maximum atomic E-state index is 13.2. The highest BCUT2D eigenvalue weighted by molar-refractivity contribution is 5.20. The summed E-state index contributed by atoms with van der Waals surface area (Å²) in [5.41, 5.74) is 3.18. The van der Waals surface area contributed by atoms with Crippen LogP contribution in [0.4, 0.5) is 8.78 Å². The Bertz CT molecular complexity index is 433. The van der Waals surface area contributed by atoms with Crippen molar-refractivity contribution in [2.24, 2.45) is 5.84 Å². The second-order valence-corrected chi connectivity index (χ2v) is 5.15. The highest BCUT2D eigenvalue weighted by Gasteiger charge is 2.41. The summed E-state index contributed by atoms with van der Waals surface area (Å²) >= 11 is 0. The van der Waals surface area contributed by atoms with Crippen LogP contribution in [-0.2, 0) is 11.2 Å². The zero-order valence-electron chi connectivity index (χ0n) is 11.1. The molecule has 2 rings (SSSR count). The predicted molar refractivity (Wildman–Crippen MR) is 69.4 cm³/mol. The third-order valence-electron chi connectivity index (χ3n) is 4.12. The second kappa shape index (κ2) is 5.94. The number of rotatable bonds is 5. The second-order valence-electron chi connectivity index (χ2n) is 5.15. The standard InChI is InChI=1S/C14H20F2N2O/c1-19-14(6-2-3-7-14)13(18-17)9-10-4-5-11(15)12(16)8-10/h4-5,8,13,18H,2-3,6-7,9,17H2,1H3. The largest absolute Gasteiger partial charge is 0.377 e. The van der Waals surface area contributed by atoms with Crippen molar-refractivity contribution < 1.29 is 13.5 Å². The van der Waals surface area contributed by atoms with Gasteiger partial charge in [0, 0.05) is 7.11 Å². The van der Waals surface area contributed by atoms with Crippen molar-refractivity contribution in [2.75, 3.05) is 7.11 Å². The van der Waals surface area contributed by atoms with Gasteiger partial charge in [0.15, 0.2) is 11.6 Å². The van der Waals surface area contributed by atoms with Crippen molar-refractivity contribution in [3.05, 3.63) is 35.4 Å². The zero-order valence-corrected chi connectivity index (χ0v) is 11.1. The number of hydrazine groups is 1. The van der Waals surface area contributed by atoms with Crippen LogP contribution in [0.2, 0.25) is 0 Å². The van der Waals surface area contributed by atoms with Crippen LogP contribution in [0.3, 0.4) is 0 Å². The Balaban J connectivity index is 2.16. The summed E-state index contributed by atoms with van der Waals surface area (Å²) in [5.74, 6) is 3.97. The lowest BCUT2D eigenvalue weighted by Gasteiger charge is -2.36. The first-order valence-electron chi connectivity index (χ1n) is 6.56. The Morgan fingerprint density at radius 3 is 2.53 bits per heavy atom. The number of hydrogen-bond donors (Lipinski definition) is 2. The van der Waals surface area contributed by atoms with Crippen molar-refractivity contribution >= 4 is 0 Å². The topological polar surface area (TPSA) is 47.3 Å². The highest BCUT2D eigenvalue weighted by Crippen LogP contribution is 2.36. The van der Waals surface area contributed by atoms with Gasteiger partial charge in [0.25, 0.3) is 0 Å². The number of halogens is 2. The van der Waals surface area contributed by atoms with Gasteiger partial charge >= 0.3 is 0 Å². The van der Waals surface area contributed by atoms with E-state index in [4.69, 9.17) is 10.6 Å². The molecule has 1 saturated carbocycles. The van der Waals surface area contributed by atoms with Crippen LogP contribution in [0.15, 0.2) is 18.2 Å². The highest BCUT2D eigenvalue weighted by atomic mass is 19.2. The van der Waals surface area contributed by atoms with E-state index in [2.05, 4.69) is 5.43 Å². The Labute approximate surface area is 112 Å². The van der Waals surface area contributed by atoms with Crippen LogP contribution < -0.4 is 11.3 Å². The number of ether oxygens (including phenoxy) is 1. The molecule has 0 aliphatic heterocycles. The lowest BCUT2D eigenvalue weighted by molar-refractivity contribution is -0.0356. The van der Waals surface area contributed by atoms with Gasteiger partial charge in [0.05, 0.1) is 11.6 Å². The van der Waals surface area contributed by atoms with Gasteiger partial charge < -0.3 is 4.74 Å². The van der Waals surface area contributed by atoms with Crippen LogP contribution >= 0.6 is 0 Å². The van der Waals surface area contributed by atoms with Gasteiger partial charge in [-0.05, 0) is 37.0 Å². The number of methoxy groups -OCH3 is 1. The van der Waals surface area contributed by atoms with Crippen molar-refractivity contribution in [1.29, 1.82) is 0 Å². The van der Waals surface area contributed by atoms with Crippen LogP contribution in [-0.4, -0.2) is 18.8 Å². The Kier molecular flexibility index (Phi) is 4.50. The van der Waals surface area contributed by atoms with Crippen molar-refractivity contribution in [1.82, 2.24) is 5.43 Å². The van der Waals surface area contributed by atoms with E-state index in [0.29, 0.717) is 12.0 Å². The summed E-state index contributed by atoms with van der Waals surface area (Å²) in [6.07, 6.45) is 4.58. The van der Waals surface area contributed by atoms with E-state index < -0.39 is 11.6 Å². The molecule has 1 fully saturated rings. The Morgan fingerprint density at radius 2 is 2.00 bits per heavy atom. The maximum absolute atomic E-state index is 13.2. The van der Waals surface area contributed by atoms with Gasteiger partial charge in [-0.25, -0.2) is 8.78 Å². The summed E-state index contributed by atoms with van der Waals surface area (Å²) in [6.45, 7) is 0. The summed E-state index contributed by atoms with van der Waals surface area (Å²) in [7, 11) is 1.68. The molecule has 0 radical (unpaired) electrons. The van der Waals surface area contributed by atoms with Crippen LogP contribution in [0, 0.1) is 11.6 Å². The van der Waals surface area contributed by atoms with Crippen LogP contribution in [0.5, 0.6) is 0 Å². The molecule has 0 amide bonds. The first-order chi connectivity index (χ1) is 9.11. The molecule has 0 aromatic heterocycles. The van der Waals surface area contributed by atoms with Crippen molar-refractivity contribution in [2.45, 2.75) is 43.7 Å². The number of hydrogen-bond acceptors (Lipinski definition) is 3. The first-order valence-corrected chi connectivity index (χ1v) is 6.56. The predicted octanol–water partition coefficient (Wildman–Crippen LogP) is 2.30. The minimum absolute atomic E-state index is 0.107. The van der Waals surface area contributed by atoms with E-state index in [-0.39, 0.29) is 11.6 Å². The van der Waals surface area contributed by atoms with Gasteiger partial charge in [0.1, 0.15) is 0 Å². The lowest BCUT2D eigenvalue weighted by atomic mass is 9.87. The molecule has 106 valence electrons. The fourth-order valence-electron chi connectivity index (χ4n) is 2.97. The van der Waals surface area contributed by atoms with Gasteiger partial charge in [-0.1, -0.05) is 18.9 Å². The van der Waals surface area contributed by atoms with Crippen molar-refractivity contribution in [3.63, 3.8) is 0 Å². The van der Waals surface area contributed by atoms with Gasteiger partial charge in [-0.15, -0.1) is 0 Å². The third-order valence-corrected chi connectivity index (χ3v) is 4.12. The van der Waals surface area contributed by atoms with Gasteiger partial charge in [-0.3, -0.25) is 11.3 Å². The fraction of sp³-hybridized carbons (Fsp3) is 0.571. The summed E-state index contributed by atoms with van der Waals surface area (Å²) in [4.78, 5) is 0. The minimum atomic E-state index is -0.830. The summed E-state index contributed by atoms with van der Waals surface area (Å²) in [5, 5.41) is 0. The average Bonchev–Trinajstić information content (AvgIpc) is 2.90. The maximum Gasteiger partial charge on any atom is 0.159 e. The molecule has 1 unspecified atom stereocenters. The van der Waals surface area contributed by atoms with Crippen LogP contribution in [0.1, 0.15) is 31.2 Å². The van der Waals surface area contributed by atoms with Crippen LogP contribution in [0.25, 0.3) is 0 Å². The Hall–Kier alpha value is -1.04. The van der Waals surface area contributed by atoms with Crippen molar-refractivity contribution in [3.8, 4) is 0 Å². The number of nitrogens with one attached hydrogen (secondary N) is 1. The smallest absolute Gasteiger partial charge is 0.159 e. The Morgan fingerprint density at radius 1 is 1.32 bits per heavy atom. The summed E-state index contributed by atoms with van der Waals surface area (Å²) < 4.78 is 31.8. The van der Waals surface area contributed by atoms with E-state index >= 15 is 0 Å². The molecular weight excluding hydrogens is 250 g/mol. The monoisotopic (exact) mass is 270 g/mol. The number of benzene rings is 1. The van der Waals surface area contributed by atoms with E-state index in [9.17, 15) is 8.78 Å². The van der Waals surface area contributed by atoms with Gasteiger partial charge in [0.2, 0.25) is 0 Å². The first kappa shape index (κ1) is 14.4. The SMILES string of the molecule is COC1(C(Cc2ccc(F)c(F)c2)NN)CCCC1. The van der Waals surface area contributed by atoms with E-state index in [1.165, 1.54) is 6.07 Å². The number of nitrogens with two attached hydrogens (primary N) is 1. The summed E-state index contributed by atoms with van der Waals surface area (Å²) in [6, 6.07) is 3.84. The zero-order chi connectivity index (χ0) is 13.9. The molecule has 19 heavy (non-hydrogen) atoms. The van der Waals surface area contributed by atoms with E-state index in [0.717, 1.165) is 31.7 Å². The molecule has 1 aromatic rings. The lowest BCUT2D eigenvalue weighted by Crippen LogP contribution is -2.54. The molecule has 1 atom stereocenters. The molecule has 1 aliphatic carbocycles. The molecular formula is C14H20F2N2O. The average molecular weight is 270 g/mol. The molecule has 5 heteroatoms. The molecule has 0 saturated heterocycles. The quantitative estimate of drug-likeness (QED) is 0.637. The molecule has 0 spiro atoms. The van der Waals surface area contributed by atoms with Gasteiger partial charge in [-0.2, -0.15) is 0 Å². The minimum Gasteiger partial charge on any atom is -0.377 e. The third kappa shape index (κ3) is 2.94. The van der Waals surface area contributed by atoms with E-state index in [1.54, 1.807) is 13.2 Å². The molecule has 1 aromatic carbocycles. The molecule has 1 aliphatic rings. The normalized spacial score (nSPS) is 19.6. The fourth-order valence-corrected chi connectivity index (χ4v) is 2.97. The van der Waals surface area contributed by atoms with E-state index in [1.807, 2.05) is 0 Å². The molecule has 3 N–H and O–H groups in total. The molecule has 0 bridgehead atoms.